The molecule has 0 amide bonds. The van der Waals surface area contributed by atoms with E-state index in [-0.39, 0.29) is 0 Å². The Hall–Kier alpha value is -7.16. The molecule has 1 saturated carbocycles. The number of para-hydroxylation sites is 3. The van der Waals surface area contributed by atoms with Crippen LogP contribution in [0, 0.1) is 0 Å². The van der Waals surface area contributed by atoms with E-state index in [2.05, 4.69) is 211 Å². The summed E-state index contributed by atoms with van der Waals surface area (Å²) in [5.41, 5.74) is 16.1. The quantitative estimate of drug-likeness (QED) is 0.153. The highest BCUT2D eigenvalue weighted by Crippen LogP contribution is 2.51. The van der Waals surface area contributed by atoms with Gasteiger partial charge in [-0.2, -0.15) is 0 Å². The topological polar surface area (TPSA) is 16.4 Å². The van der Waals surface area contributed by atoms with Crippen LogP contribution in [0.2, 0.25) is 0 Å². The van der Waals surface area contributed by atoms with Gasteiger partial charge in [0.15, 0.2) is 0 Å². The number of anilines is 3. The van der Waals surface area contributed by atoms with Crippen LogP contribution in [-0.4, -0.2) is 0 Å². The third-order valence-corrected chi connectivity index (χ3v) is 12.7. The molecule has 0 atom stereocenters. The van der Waals surface area contributed by atoms with Crippen molar-refractivity contribution in [3.05, 3.63) is 212 Å². The van der Waals surface area contributed by atoms with Crippen LogP contribution < -0.4 is 4.90 Å². The van der Waals surface area contributed by atoms with Gasteiger partial charge in [0.05, 0.1) is 22.4 Å². The van der Waals surface area contributed by atoms with E-state index >= 15 is 0 Å². The van der Waals surface area contributed by atoms with E-state index in [9.17, 15) is 0 Å². The van der Waals surface area contributed by atoms with E-state index in [1.165, 1.54) is 87.4 Å². The van der Waals surface area contributed by atoms with Crippen molar-refractivity contribution in [2.75, 3.05) is 4.90 Å². The SMILES string of the molecule is c1ccc(-c2ccccc2-c2ccccc2-c2ccccc2N(c2ccccc2-c2cccc3cccc(C4CCCCC4)c23)c2cccc3oc4ccccc4c23)cc1. The minimum Gasteiger partial charge on any atom is -0.456 e. The molecule has 2 heteroatoms. The minimum atomic E-state index is 0.564. The van der Waals surface area contributed by atoms with Crippen molar-refractivity contribution in [3.63, 3.8) is 0 Å². The van der Waals surface area contributed by atoms with Crippen molar-refractivity contribution in [2.24, 2.45) is 0 Å². The predicted molar refractivity (Wildman–Crippen MR) is 253 cm³/mol. The summed E-state index contributed by atoms with van der Waals surface area (Å²) >= 11 is 0. The van der Waals surface area contributed by atoms with Crippen molar-refractivity contribution < 1.29 is 4.42 Å². The molecule has 10 aromatic rings. The van der Waals surface area contributed by atoms with Crippen LogP contribution in [-0.2, 0) is 0 Å². The van der Waals surface area contributed by atoms with Crippen molar-refractivity contribution in [3.8, 4) is 44.5 Å². The number of nitrogens with zero attached hydrogens (tertiary/aromatic N) is 1. The lowest BCUT2D eigenvalue weighted by Crippen LogP contribution is -2.13. The number of benzene rings is 9. The molecule has 2 nitrogen and oxygen atoms in total. The molecule has 0 saturated heterocycles. The van der Waals surface area contributed by atoms with Crippen LogP contribution in [0.15, 0.2) is 211 Å². The largest absolute Gasteiger partial charge is 0.456 e. The summed E-state index contributed by atoms with van der Waals surface area (Å²) in [5, 5.41) is 4.87. The van der Waals surface area contributed by atoms with Gasteiger partial charge in [-0.3, -0.25) is 0 Å². The number of furan rings is 1. The molecule has 9 aromatic carbocycles. The zero-order valence-electron chi connectivity index (χ0n) is 33.6. The van der Waals surface area contributed by atoms with Gasteiger partial charge in [0, 0.05) is 16.5 Å². The third kappa shape index (κ3) is 6.28. The molecule has 1 aliphatic rings. The van der Waals surface area contributed by atoms with E-state index in [0.717, 1.165) is 44.6 Å². The second-order valence-electron chi connectivity index (χ2n) is 16.2. The Balaban J connectivity index is 1.19. The standard InChI is InChI=1S/C58H45NO/c1-3-20-40(21-4-1)43-26-7-8-27-45(43)46-28-9-10-29-47(46)48-30-11-14-35-52(48)59(54-37-19-39-56-58(54)51-32-13-16-38-55(51)60-56)53-36-15-12-31-49(53)50-34-18-25-42-24-17-33-44(57(42)50)41-22-5-2-6-23-41/h1,3-4,7-21,24-39,41H,2,5-6,22-23H2. The zero-order valence-corrected chi connectivity index (χ0v) is 33.6. The van der Waals surface area contributed by atoms with Crippen LogP contribution in [0.5, 0.6) is 0 Å². The van der Waals surface area contributed by atoms with Gasteiger partial charge in [0.1, 0.15) is 11.2 Å². The number of hydrogen-bond acceptors (Lipinski definition) is 2. The van der Waals surface area contributed by atoms with Crippen LogP contribution in [0.4, 0.5) is 17.1 Å². The first-order valence-electron chi connectivity index (χ1n) is 21.5. The highest BCUT2D eigenvalue weighted by Gasteiger charge is 2.27. The average molecular weight is 772 g/mol. The Kier molecular flexibility index (Phi) is 9.32. The Morgan fingerprint density at radius 1 is 0.350 bits per heavy atom. The highest BCUT2D eigenvalue weighted by atomic mass is 16.3. The number of fused-ring (bicyclic) bond motifs is 4. The molecule has 11 rings (SSSR count). The van der Waals surface area contributed by atoms with Gasteiger partial charge in [0.2, 0.25) is 0 Å². The maximum absolute atomic E-state index is 6.59. The summed E-state index contributed by atoms with van der Waals surface area (Å²) in [6, 6.07) is 75.2. The van der Waals surface area contributed by atoms with E-state index in [0.29, 0.717) is 5.92 Å². The summed E-state index contributed by atoms with van der Waals surface area (Å²) in [5.74, 6) is 0.564. The fourth-order valence-corrected chi connectivity index (χ4v) is 10.0. The summed E-state index contributed by atoms with van der Waals surface area (Å²) < 4.78 is 6.59. The van der Waals surface area contributed by atoms with Gasteiger partial charge in [0.25, 0.3) is 0 Å². The van der Waals surface area contributed by atoms with Gasteiger partial charge in [-0.25, -0.2) is 0 Å². The van der Waals surface area contributed by atoms with Crippen molar-refractivity contribution in [2.45, 2.75) is 38.0 Å². The van der Waals surface area contributed by atoms with Crippen LogP contribution >= 0.6 is 0 Å². The smallest absolute Gasteiger partial charge is 0.137 e. The first-order valence-corrected chi connectivity index (χ1v) is 21.5. The van der Waals surface area contributed by atoms with E-state index in [4.69, 9.17) is 4.42 Å². The molecular formula is C58H45NO. The van der Waals surface area contributed by atoms with Gasteiger partial charge in [-0.15, -0.1) is 0 Å². The minimum absolute atomic E-state index is 0.564. The summed E-state index contributed by atoms with van der Waals surface area (Å²) in [7, 11) is 0. The summed E-state index contributed by atoms with van der Waals surface area (Å²) in [6.45, 7) is 0. The molecule has 0 spiro atoms. The normalized spacial score (nSPS) is 13.3. The van der Waals surface area contributed by atoms with Gasteiger partial charge in [-0.1, -0.05) is 195 Å². The molecule has 0 unspecified atom stereocenters. The lowest BCUT2D eigenvalue weighted by molar-refractivity contribution is 0.445. The lowest BCUT2D eigenvalue weighted by Gasteiger charge is -2.31. The van der Waals surface area contributed by atoms with Crippen molar-refractivity contribution >= 4 is 49.8 Å². The molecule has 1 fully saturated rings. The average Bonchev–Trinajstić information content (AvgIpc) is 3.72. The summed E-state index contributed by atoms with van der Waals surface area (Å²) in [4.78, 5) is 2.51. The van der Waals surface area contributed by atoms with Crippen molar-refractivity contribution in [1.29, 1.82) is 0 Å². The first kappa shape index (κ1) is 36.0. The molecule has 1 heterocycles. The highest BCUT2D eigenvalue weighted by molar-refractivity contribution is 6.15. The monoisotopic (exact) mass is 771 g/mol. The third-order valence-electron chi connectivity index (χ3n) is 12.7. The molecule has 60 heavy (non-hydrogen) atoms. The second-order valence-corrected chi connectivity index (χ2v) is 16.2. The van der Waals surface area contributed by atoms with Crippen molar-refractivity contribution in [1.82, 2.24) is 0 Å². The summed E-state index contributed by atoms with van der Waals surface area (Å²) in [6.07, 6.45) is 6.42. The van der Waals surface area contributed by atoms with E-state index in [1.54, 1.807) is 0 Å². The Morgan fingerprint density at radius 3 is 1.58 bits per heavy atom. The zero-order chi connectivity index (χ0) is 39.8. The van der Waals surface area contributed by atoms with Gasteiger partial charge >= 0.3 is 0 Å². The van der Waals surface area contributed by atoms with Crippen LogP contribution in [0.3, 0.4) is 0 Å². The van der Waals surface area contributed by atoms with E-state index < -0.39 is 0 Å². The molecule has 0 aliphatic heterocycles. The van der Waals surface area contributed by atoms with Gasteiger partial charge < -0.3 is 9.32 Å². The number of hydrogen-bond donors (Lipinski definition) is 0. The first-order chi connectivity index (χ1) is 29.8. The molecule has 1 aromatic heterocycles. The Labute approximate surface area is 352 Å². The molecular weight excluding hydrogens is 727 g/mol. The molecule has 0 bridgehead atoms. The fourth-order valence-electron chi connectivity index (χ4n) is 10.0. The molecule has 0 N–H and O–H groups in total. The fraction of sp³-hybridized carbons (Fsp3) is 0.103. The Bertz CT molecular complexity index is 3140. The lowest BCUT2D eigenvalue weighted by atomic mass is 9.80. The van der Waals surface area contributed by atoms with Crippen LogP contribution in [0.25, 0.3) is 77.2 Å². The number of rotatable bonds is 8. The maximum Gasteiger partial charge on any atom is 0.137 e. The molecule has 0 radical (unpaired) electrons. The predicted octanol–water partition coefficient (Wildman–Crippen LogP) is 16.9. The van der Waals surface area contributed by atoms with Crippen LogP contribution in [0.1, 0.15) is 43.6 Å². The second kappa shape index (κ2) is 15.5. The molecule has 1 aliphatic carbocycles. The molecule has 288 valence electrons. The Morgan fingerprint density at radius 2 is 0.850 bits per heavy atom. The maximum atomic E-state index is 6.59. The van der Waals surface area contributed by atoms with E-state index in [1.807, 2.05) is 0 Å². The van der Waals surface area contributed by atoms with Gasteiger partial charge in [-0.05, 0) is 98.8 Å².